The number of nitrogens with two attached hydrogens (primary N) is 2. The molecular weight excluding hydrogens is 1050 g/mol. The van der Waals surface area contributed by atoms with Crippen LogP contribution < -0.4 is 32.2 Å². The Morgan fingerprint density at radius 2 is 1.26 bits per heavy atom. The summed E-state index contributed by atoms with van der Waals surface area (Å²) in [6.07, 6.45) is 11.0. The zero-order valence-electron chi connectivity index (χ0n) is 49.1. The number of hydrogen-bond donors (Lipinski definition) is 7. The number of hydrogen-bond acceptors (Lipinski definition) is 10. The number of nitrogens with one attached hydrogen (secondary N) is 3. The van der Waals surface area contributed by atoms with Gasteiger partial charge in [-0.1, -0.05) is 94.3 Å². The van der Waals surface area contributed by atoms with Crippen LogP contribution in [-0.2, 0) is 53.7 Å². The lowest BCUT2D eigenvalue weighted by molar-refractivity contribution is -0.128. The van der Waals surface area contributed by atoms with Crippen molar-refractivity contribution in [1.29, 1.82) is 0 Å². The number of aliphatic hydroxyl groups is 4. The van der Waals surface area contributed by atoms with Crippen molar-refractivity contribution in [3.05, 3.63) is 141 Å². The molecule has 5 rings (SSSR count). The maximum Gasteiger partial charge on any atom is 0.265 e. The second kappa shape index (κ2) is 30.2. The van der Waals surface area contributed by atoms with Gasteiger partial charge in [-0.25, -0.2) is 0 Å². The Balaban J connectivity index is 0.00000681. The van der Waals surface area contributed by atoms with Gasteiger partial charge >= 0.3 is 0 Å². The van der Waals surface area contributed by atoms with E-state index in [0.29, 0.717) is 28.4 Å². The van der Waals surface area contributed by atoms with Gasteiger partial charge in [-0.3, -0.25) is 18.7 Å². The predicted molar refractivity (Wildman–Crippen MR) is 327 cm³/mol. The molecule has 1 fully saturated rings. The van der Waals surface area contributed by atoms with Crippen LogP contribution in [-0.4, -0.2) is 96.2 Å². The van der Waals surface area contributed by atoms with Crippen molar-refractivity contribution in [2.75, 3.05) is 41.5 Å². The summed E-state index contributed by atoms with van der Waals surface area (Å²) in [5.41, 5.74) is 22.1. The third kappa shape index (κ3) is 20.2. The van der Waals surface area contributed by atoms with Crippen LogP contribution in [0.1, 0.15) is 147 Å². The molecule has 0 heterocycles. The molecule has 1 saturated carbocycles. The summed E-state index contributed by atoms with van der Waals surface area (Å²) >= 11 is 0. The third-order valence-corrected chi connectivity index (χ3v) is 16.1. The lowest BCUT2D eigenvalue weighted by Gasteiger charge is -2.31. The fourth-order valence-corrected chi connectivity index (χ4v) is 10.3. The van der Waals surface area contributed by atoms with Crippen molar-refractivity contribution in [3.8, 4) is 5.75 Å². The van der Waals surface area contributed by atoms with E-state index in [9.17, 15) is 35.5 Å². The van der Waals surface area contributed by atoms with E-state index in [-0.39, 0.29) is 50.4 Å². The second-order valence-corrected chi connectivity index (χ2v) is 25.1. The molecule has 11 N–H and O–H groups in total. The zero-order chi connectivity index (χ0) is 59.6. The molecule has 18 heteroatoms. The number of nitrogen functional groups attached to an aromatic ring is 2. The number of carbonyl (C=O) groups is 2. The Labute approximate surface area is 477 Å². The molecule has 4 aromatic rings. The van der Waals surface area contributed by atoms with Crippen LogP contribution in [0, 0.1) is 12.8 Å². The van der Waals surface area contributed by atoms with Crippen molar-refractivity contribution < 1.29 is 49.7 Å². The number of benzene rings is 4. The highest BCUT2D eigenvalue weighted by atomic mass is 32.2. The molecule has 16 nitrogen and oxygen atoms in total. The van der Waals surface area contributed by atoms with Crippen LogP contribution in [0.3, 0.4) is 0 Å². The lowest BCUT2D eigenvalue weighted by Crippen LogP contribution is -2.52. The Morgan fingerprint density at radius 3 is 1.79 bits per heavy atom. The Morgan fingerprint density at radius 1 is 0.725 bits per heavy atom. The Kier molecular flexibility index (Phi) is 25.1. The molecule has 4 atom stereocenters. The fourth-order valence-electron chi connectivity index (χ4n) is 9.33. The number of aryl methyl sites for hydroxylation is 2. The van der Waals surface area contributed by atoms with Gasteiger partial charge in [0.25, 0.3) is 20.2 Å². The maximum absolute atomic E-state index is 13.4. The van der Waals surface area contributed by atoms with Crippen molar-refractivity contribution in [2.24, 2.45) is 5.92 Å². The van der Waals surface area contributed by atoms with Crippen LogP contribution in [0.25, 0.3) is 12.2 Å². The molecule has 4 unspecified atom stereocenters. The minimum Gasteiger partial charge on any atom is -0.488 e. The highest BCUT2D eigenvalue weighted by molar-refractivity contribution is 7.86. The summed E-state index contributed by atoms with van der Waals surface area (Å²) in [7, 11) is -8.38. The molecule has 440 valence electrons. The molecule has 0 aromatic heterocycles. The topological polar surface area (TPSA) is 266 Å². The predicted octanol–water partition coefficient (Wildman–Crippen LogP) is 10.2. The number of rotatable bonds is 29. The molecule has 1 aliphatic rings. The van der Waals surface area contributed by atoms with Crippen LogP contribution >= 0.6 is 0 Å². The Hall–Kier alpha value is -6.02. The number of anilines is 3. The van der Waals surface area contributed by atoms with E-state index in [1.54, 1.807) is 19.1 Å². The summed E-state index contributed by atoms with van der Waals surface area (Å²) in [4.78, 5) is 26.7. The minimum absolute atomic E-state index is 0.00186. The largest absolute Gasteiger partial charge is 0.488 e. The van der Waals surface area contributed by atoms with Gasteiger partial charge in [0.15, 0.2) is 12.2 Å². The minimum atomic E-state index is -4.20. The van der Waals surface area contributed by atoms with Crippen LogP contribution in [0.15, 0.2) is 102 Å². The molecule has 1 aliphatic carbocycles. The van der Waals surface area contributed by atoms with Crippen LogP contribution in [0.2, 0.25) is 0 Å². The van der Waals surface area contributed by atoms with Crippen molar-refractivity contribution >= 4 is 61.3 Å². The van der Waals surface area contributed by atoms with Crippen LogP contribution in [0.4, 0.5) is 17.1 Å². The van der Waals surface area contributed by atoms with Crippen molar-refractivity contribution in [2.45, 2.75) is 163 Å². The standard InChI is InChI=1S/C60H83N5O11S2.C2H6/c1-11-43-20-27-52(62)50(37-43)60(9,10)54(74-31-13-33-77(68,69)70)29-22-44-21-28-53(47(36-44)23-30-55(75-32-14-34-78(71,72)73)59(7,8)49-35-40(4)17-26-51(49)61)76-38-45-18-24-48(25-19-45)65-57(66)42(6)64-58(67)56(39(2)3)63-41(5)46-15-12-16-46;1-2/h17-30,35-37,39,42,54-56,63H,11-16,31-34,38,61-62H2,1-10H3,(H,64,67)(H,65,66)(H,68,69,70)(H,71,72,73);1-2H3/p+2/b29-22+,30-23+;. The van der Waals surface area contributed by atoms with Crippen molar-refractivity contribution in [3.63, 3.8) is 0 Å². The van der Waals surface area contributed by atoms with E-state index in [1.807, 2.05) is 154 Å². The molecule has 0 aliphatic heterocycles. The first-order valence-corrected chi connectivity index (χ1v) is 31.1. The second-order valence-electron chi connectivity index (χ2n) is 22.0. The van der Waals surface area contributed by atoms with Gasteiger partial charge in [0.1, 0.15) is 37.7 Å². The molecular formula is C62H91N5O11S2+2. The molecule has 2 amide bonds. The summed E-state index contributed by atoms with van der Waals surface area (Å²) in [5, 5.41) is 9.17. The maximum atomic E-state index is 13.4. The van der Waals surface area contributed by atoms with E-state index < -0.39 is 66.9 Å². The molecule has 0 radical (unpaired) electrons. The normalized spacial score (nSPS) is 14.7. The van der Waals surface area contributed by atoms with Crippen LogP contribution in [0.5, 0.6) is 5.75 Å². The highest BCUT2D eigenvalue weighted by Gasteiger charge is 2.38. The summed E-state index contributed by atoms with van der Waals surface area (Å²) in [6.45, 7) is 24.3. The average Bonchev–Trinajstić information content (AvgIpc) is 3.38. The van der Waals surface area contributed by atoms with Crippen molar-refractivity contribution in [1.82, 2.24) is 10.6 Å². The average molecular weight is 1150 g/mol. The zero-order valence-corrected chi connectivity index (χ0v) is 50.7. The van der Waals surface area contributed by atoms with E-state index >= 15 is 0 Å². The first kappa shape index (κ1) is 66.5. The number of allylic oxidation sites excluding steroid dienone is 2. The molecule has 0 spiro atoms. The van der Waals surface area contributed by atoms with Gasteiger partial charge in [0.05, 0.1) is 22.3 Å². The summed E-state index contributed by atoms with van der Waals surface area (Å²) < 4.78 is 82.0. The van der Waals surface area contributed by atoms with Gasteiger partial charge < -0.3 is 41.6 Å². The highest BCUT2D eigenvalue weighted by Crippen LogP contribution is 2.37. The number of ether oxygens (including phenoxy) is 3. The Bertz CT molecular complexity index is 3020. The monoisotopic (exact) mass is 1150 g/mol. The summed E-state index contributed by atoms with van der Waals surface area (Å²) in [6, 6.07) is 23.5. The first-order chi connectivity index (χ1) is 37.6. The first-order valence-electron chi connectivity index (χ1n) is 27.9. The smallest absolute Gasteiger partial charge is 0.265 e. The SMILES string of the molecule is CC.CCc1ccc(N)c(C(C)(C)C(/C=C/c2ccc(OCc3ccc(NC(=O)C(C)NC(=O)C(NC(C)=C4CCC4)C(C)C)cc3)c(/C=C/C([OH+]CCCS(=O)(=O)O)C(C)(C)c3cc(C)ccc3N)c2)[OH+]CCCS(=O)(=O)O)c1. The lowest BCUT2D eigenvalue weighted by atomic mass is 9.77. The van der Waals surface area contributed by atoms with Gasteiger partial charge in [0.2, 0.25) is 11.8 Å². The van der Waals surface area contributed by atoms with Gasteiger partial charge in [-0.2, -0.15) is 16.8 Å². The molecule has 0 saturated heterocycles. The van der Waals surface area contributed by atoms with Gasteiger partial charge in [-0.15, -0.1) is 0 Å². The van der Waals surface area contributed by atoms with E-state index in [4.69, 9.17) is 25.7 Å². The number of amides is 2. The van der Waals surface area contributed by atoms with E-state index in [1.165, 1.54) is 5.57 Å². The molecule has 80 heavy (non-hydrogen) atoms. The third-order valence-electron chi connectivity index (χ3n) is 14.5. The molecule has 4 aromatic carbocycles. The number of carbonyl (C=O) groups excluding carboxylic acids is 2. The van der Waals surface area contributed by atoms with Gasteiger partial charge in [0, 0.05) is 41.2 Å². The molecule has 0 bridgehead atoms. The van der Waals surface area contributed by atoms with E-state index in [2.05, 4.69) is 28.9 Å². The fraction of sp³-hybridized carbons (Fsp3) is 0.484. The quantitative estimate of drug-likeness (QED) is 0.0116. The summed E-state index contributed by atoms with van der Waals surface area (Å²) in [5.74, 6) is -0.924. The van der Waals surface area contributed by atoms with Gasteiger partial charge in [-0.05, 0) is 163 Å². The van der Waals surface area contributed by atoms with E-state index in [0.717, 1.165) is 64.8 Å².